The summed E-state index contributed by atoms with van der Waals surface area (Å²) < 4.78 is 2.09. The highest BCUT2D eigenvalue weighted by atomic mass is 127. The molecular weight excluding hydrogens is 417 g/mol. The van der Waals surface area contributed by atoms with Crippen LogP contribution in [0.25, 0.3) is 5.65 Å². The predicted octanol–water partition coefficient (Wildman–Crippen LogP) is 2.18. The number of pyridine rings is 1. The van der Waals surface area contributed by atoms with E-state index in [2.05, 4.69) is 45.7 Å². The molecule has 3 rings (SSSR count). The lowest BCUT2D eigenvalue weighted by Crippen LogP contribution is -2.46. The summed E-state index contributed by atoms with van der Waals surface area (Å²) >= 11 is 0. The second-order valence-electron chi connectivity index (χ2n) is 6.02. The Kier molecular flexibility index (Phi) is 6.85. The average Bonchev–Trinajstić information content (AvgIpc) is 2.97. The van der Waals surface area contributed by atoms with E-state index in [1.165, 1.54) is 5.69 Å². The van der Waals surface area contributed by atoms with Crippen molar-refractivity contribution < 1.29 is 5.11 Å². The van der Waals surface area contributed by atoms with Gasteiger partial charge in [-0.3, -0.25) is 0 Å². The highest BCUT2D eigenvalue weighted by Gasteiger charge is 2.19. The summed E-state index contributed by atoms with van der Waals surface area (Å²) in [5.41, 5.74) is 3.09. The molecule has 0 atom stereocenters. The fourth-order valence-corrected chi connectivity index (χ4v) is 2.93. The normalized spacial score (nSPS) is 16.3. The summed E-state index contributed by atoms with van der Waals surface area (Å²) in [6.07, 6.45) is 3.49. The Morgan fingerprint density at radius 3 is 2.79 bits per heavy atom. The summed E-state index contributed by atoms with van der Waals surface area (Å²) in [5.74, 6) is 0.910. The highest BCUT2D eigenvalue weighted by Crippen LogP contribution is 2.12. The molecule has 24 heavy (non-hydrogen) atoms. The van der Waals surface area contributed by atoms with Gasteiger partial charge in [-0.2, -0.15) is 0 Å². The van der Waals surface area contributed by atoms with Gasteiger partial charge in [-0.05, 0) is 38.8 Å². The number of nitrogens with one attached hydrogen (secondary N) is 1. The lowest BCUT2D eigenvalue weighted by molar-refractivity contribution is 0.108. The average molecular weight is 443 g/mol. The highest BCUT2D eigenvalue weighted by molar-refractivity contribution is 14.0. The Morgan fingerprint density at radius 2 is 2.12 bits per heavy atom. The van der Waals surface area contributed by atoms with E-state index in [0.29, 0.717) is 6.54 Å². The number of aliphatic hydroxyl groups is 1. The van der Waals surface area contributed by atoms with Crippen LogP contribution in [0.15, 0.2) is 29.4 Å². The number of hydrogen-bond donors (Lipinski definition) is 2. The maximum absolute atomic E-state index is 9.65. The number of aliphatic imine (C=N–C) groups is 1. The van der Waals surface area contributed by atoms with Gasteiger partial charge in [0.15, 0.2) is 5.96 Å². The van der Waals surface area contributed by atoms with E-state index in [1.54, 1.807) is 0 Å². The molecule has 1 fully saturated rings. The molecule has 6 nitrogen and oxygen atoms in total. The van der Waals surface area contributed by atoms with Crippen LogP contribution in [0.4, 0.5) is 0 Å². The number of imidazole rings is 1. The number of aliphatic hydroxyl groups excluding tert-OH is 1. The molecule has 2 aromatic heterocycles. The van der Waals surface area contributed by atoms with E-state index in [9.17, 15) is 5.11 Å². The first-order chi connectivity index (χ1) is 11.2. The van der Waals surface area contributed by atoms with Crippen LogP contribution < -0.4 is 5.32 Å². The van der Waals surface area contributed by atoms with Crippen molar-refractivity contribution in [3.8, 4) is 0 Å². The summed E-state index contributed by atoms with van der Waals surface area (Å²) in [5, 5.41) is 13.0. The molecule has 0 unspecified atom stereocenters. The summed E-state index contributed by atoms with van der Waals surface area (Å²) in [7, 11) is 0. The van der Waals surface area contributed by atoms with E-state index in [-0.39, 0.29) is 30.1 Å². The quantitative estimate of drug-likeness (QED) is 0.434. The first-order valence-electron chi connectivity index (χ1n) is 8.32. The van der Waals surface area contributed by atoms with Gasteiger partial charge in [0.25, 0.3) is 0 Å². The number of rotatable bonds is 3. The van der Waals surface area contributed by atoms with Gasteiger partial charge in [-0.1, -0.05) is 6.07 Å². The molecule has 0 amide bonds. The van der Waals surface area contributed by atoms with Crippen molar-refractivity contribution in [2.24, 2.45) is 4.99 Å². The molecule has 0 spiro atoms. The third-order valence-corrected chi connectivity index (χ3v) is 4.24. The van der Waals surface area contributed by atoms with Crippen molar-refractivity contribution in [2.75, 3.05) is 19.6 Å². The standard InChI is InChI=1S/C17H25N5O.HI/c1-3-18-17(21-9-7-15(23)8-10-21)19-11-14-12-22-13(2)5-4-6-16(22)20-14;/h4-6,12,15,23H,3,7-11H2,1-2H3,(H,18,19);1H. The molecule has 1 saturated heterocycles. The second kappa shape index (κ2) is 8.66. The first kappa shape index (κ1) is 19.0. The summed E-state index contributed by atoms with van der Waals surface area (Å²) in [6.45, 7) is 7.23. The third kappa shape index (κ3) is 4.38. The maximum Gasteiger partial charge on any atom is 0.194 e. The van der Waals surface area contributed by atoms with Crippen LogP contribution >= 0.6 is 24.0 Å². The van der Waals surface area contributed by atoms with Crippen LogP contribution in [0, 0.1) is 6.92 Å². The van der Waals surface area contributed by atoms with Crippen LogP contribution in [0.1, 0.15) is 31.2 Å². The Morgan fingerprint density at radius 1 is 1.38 bits per heavy atom. The van der Waals surface area contributed by atoms with E-state index >= 15 is 0 Å². The van der Waals surface area contributed by atoms with Gasteiger partial charge in [-0.25, -0.2) is 9.98 Å². The first-order valence-corrected chi connectivity index (χ1v) is 8.32. The lowest BCUT2D eigenvalue weighted by Gasteiger charge is -2.32. The molecule has 3 heterocycles. The smallest absolute Gasteiger partial charge is 0.194 e. The van der Waals surface area contributed by atoms with Crippen molar-refractivity contribution in [3.05, 3.63) is 35.8 Å². The number of fused-ring (bicyclic) bond motifs is 1. The van der Waals surface area contributed by atoms with E-state index in [1.807, 2.05) is 12.1 Å². The van der Waals surface area contributed by atoms with E-state index in [0.717, 1.165) is 49.8 Å². The number of hydrogen-bond acceptors (Lipinski definition) is 3. The number of aryl methyl sites for hydroxylation is 1. The molecule has 0 radical (unpaired) electrons. The van der Waals surface area contributed by atoms with Gasteiger partial charge in [0.05, 0.1) is 18.3 Å². The zero-order valence-electron chi connectivity index (χ0n) is 14.3. The zero-order chi connectivity index (χ0) is 16.2. The topological polar surface area (TPSA) is 65.2 Å². The van der Waals surface area contributed by atoms with Gasteiger partial charge in [-0.15, -0.1) is 24.0 Å². The number of aromatic nitrogens is 2. The number of nitrogens with zero attached hydrogens (tertiary/aromatic N) is 4. The Balaban J connectivity index is 0.00000208. The monoisotopic (exact) mass is 443 g/mol. The van der Waals surface area contributed by atoms with Crippen LogP contribution in [-0.2, 0) is 6.54 Å². The Labute approximate surface area is 160 Å². The molecule has 2 N–H and O–H groups in total. The predicted molar refractivity (Wildman–Crippen MR) is 107 cm³/mol. The molecular formula is C17H26IN5O. The van der Waals surface area contributed by atoms with Crippen LogP contribution in [0.5, 0.6) is 0 Å². The Hall–Kier alpha value is -1.35. The Bertz CT molecular complexity index is 691. The fourth-order valence-electron chi connectivity index (χ4n) is 2.93. The van der Waals surface area contributed by atoms with Gasteiger partial charge in [0, 0.05) is 31.5 Å². The lowest BCUT2D eigenvalue weighted by atomic mass is 10.1. The molecule has 0 saturated carbocycles. The second-order valence-corrected chi connectivity index (χ2v) is 6.02. The van der Waals surface area contributed by atoms with Crippen molar-refractivity contribution in [3.63, 3.8) is 0 Å². The zero-order valence-corrected chi connectivity index (χ0v) is 16.6. The molecule has 1 aliphatic rings. The molecule has 2 aromatic rings. The molecule has 1 aliphatic heterocycles. The van der Waals surface area contributed by atoms with Gasteiger partial charge in [0.2, 0.25) is 0 Å². The van der Waals surface area contributed by atoms with E-state index in [4.69, 9.17) is 4.99 Å². The molecule has 0 aromatic carbocycles. The third-order valence-electron chi connectivity index (χ3n) is 4.24. The number of halogens is 1. The van der Waals surface area contributed by atoms with Gasteiger partial charge < -0.3 is 19.7 Å². The molecule has 7 heteroatoms. The largest absolute Gasteiger partial charge is 0.393 e. The maximum atomic E-state index is 9.65. The summed E-state index contributed by atoms with van der Waals surface area (Å²) in [4.78, 5) is 11.6. The summed E-state index contributed by atoms with van der Waals surface area (Å²) in [6, 6.07) is 6.11. The number of likely N-dealkylation sites (tertiary alicyclic amines) is 1. The number of guanidine groups is 1. The number of piperidine rings is 1. The van der Waals surface area contributed by atoms with Crippen molar-refractivity contribution >= 4 is 35.6 Å². The molecule has 132 valence electrons. The van der Waals surface area contributed by atoms with Crippen molar-refractivity contribution in [2.45, 2.75) is 39.3 Å². The SMILES string of the molecule is CCNC(=NCc1cn2c(C)cccc2n1)N1CCC(O)CC1.I. The van der Waals surface area contributed by atoms with Crippen LogP contribution in [0.3, 0.4) is 0 Å². The van der Waals surface area contributed by atoms with Crippen molar-refractivity contribution in [1.29, 1.82) is 0 Å². The molecule has 0 bridgehead atoms. The van der Waals surface area contributed by atoms with Crippen LogP contribution in [0.2, 0.25) is 0 Å². The minimum Gasteiger partial charge on any atom is -0.393 e. The molecule has 0 aliphatic carbocycles. The van der Waals surface area contributed by atoms with Gasteiger partial charge in [0.1, 0.15) is 5.65 Å². The van der Waals surface area contributed by atoms with Gasteiger partial charge >= 0.3 is 0 Å². The fraction of sp³-hybridized carbons (Fsp3) is 0.529. The van der Waals surface area contributed by atoms with E-state index < -0.39 is 0 Å². The van der Waals surface area contributed by atoms with Crippen molar-refractivity contribution in [1.82, 2.24) is 19.6 Å². The minimum absolute atomic E-state index is 0. The minimum atomic E-state index is -0.171. The van der Waals surface area contributed by atoms with Crippen LogP contribution in [-0.4, -0.2) is 51.1 Å².